The fourth-order valence-corrected chi connectivity index (χ4v) is 1.74. The van der Waals surface area contributed by atoms with E-state index >= 15 is 0 Å². The molecule has 5 heteroatoms. The number of benzene rings is 1. The predicted molar refractivity (Wildman–Crippen MR) is 76.0 cm³/mol. The third kappa shape index (κ3) is 3.79. The molecule has 1 rings (SSSR count). The van der Waals surface area contributed by atoms with E-state index in [-0.39, 0.29) is 17.7 Å². The van der Waals surface area contributed by atoms with Crippen molar-refractivity contribution in [2.24, 2.45) is 11.7 Å². The van der Waals surface area contributed by atoms with Crippen molar-refractivity contribution in [1.29, 1.82) is 0 Å². The molecule has 0 saturated heterocycles. The van der Waals surface area contributed by atoms with Gasteiger partial charge in [-0.2, -0.15) is 0 Å². The average Bonchev–Trinajstić information content (AvgIpc) is 2.41. The van der Waals surface area contributed by atoms with Gasteiger partial charge < -0.3 is 16.4 Å². The Balaban J connectivity index is 2.94. The smallest absolute Gasteiger partial charge is 0.251 e. The molecule has 0 aliphatic rings. The van der Waals surface area contributed by atoms with Crippen molar-refractivity contribution in [1.82, 2.24) is 5.32 Å². The summed E-state index contributed by atoms with van der Waals surface area (Å²) in [6, 6.07) is 5.21. The highest BCUT2D eigenvalue weighted by molar-refractivity contribution is 5.98. The maximum Gasteiger partial charge on any atom is 0.251 e. The fourth-order valence-electron chi connectivity index (χ4n) is 1.74. The van der Waals surface area contributed by atoms with Gasteiger partial charge in [0.05, 0.1) is 5.92 Å². The first-order valence-electron chi connectivity index (χ1n) is 6.37. The summed E-state index contributed by atoms with van der Waals surface area (Å²) in [5.74, 6) is -0.494. The second kappa shape index (κ2) is 6.89. The Morgan fingerprint density at radius 3 is 2.58 bits per heavy atom. The zero-order valence-electron chi connectivity index (χ0n) is 11.6. The van der Waals surface area contributed by atoms with Crippen LogP contribution in [0.4, 0.5) is 5.69 Å². The quantitative estimate of drug-likeness (QED) is 0.748. The SMILES string of the molecule is CCC(CN)C(=O)Nc1cc(C(=O)NC)ccc1C. The van der Waals surface area contributed by atoms with Gasteiger partial charge in [0, 0.05) is 24.8 Å². The number of amides is 2. The maximum atomic E-state index is 12.0. The third-order valence-electron chi connectivity index (χ3n) is 3.13. The highest BCUT2D eigenvalue weighted by atomic mass is 16.2. The predicted octanol–water partition coefficient (Wildman–Crippen LogP) is 1.28. The molecule has 0 saturated carbocycles. The molecule has 0 aromatic heterocycles. The van der Waals surface area contributed by atoms with Crippen LogP contribution in [0.5, 0.6) is 0 Å². The van der Waals surface area contributed by atoms with Gasteiger partial charge in [0.2, 0.25) is 5.91 Å². The minimum absolute atomic E-state index is 0.109. The summed E-state index contributed by atoms with van der Waals surface area (Å²) >= 11 is 0. The van der Waals surface area contributed by atoms with Crippen LogP contribution in [0.3, 0.4) is 0 Å². The number of rotatable bonds is 5. The summed E-state index contributed by atoms with van der Waals surface area (Å²) in [5, 5.41) is 5.39. The summed E-state index contributed by atoms with van der Waals surface area (Å²) in [6.45, 7) is 4.12. The van der Waals surface area contributed by atoms with E-state index in [1.807, 2.05) is 19.9 Å². The van der Waals surface area contributed by atoms with Crippen molar-refractivity contribution < 1.29 is 9.59 Å². The van der Waals surface area contributed by atoms with E-state index in [2.05, 4.69) is 10.6 Å². The molecule has 104 valence electrons. The molecule has 0 bridgehead atoms. The molecule has 19 heavy (non-hydrogen) atoms. The first-order chi connectivity index (χ1) is 9.03. The molecule has 1 unspecified atom stereocenters. The van der Waals surface area contributed by atoms with Crippen molar-refractivity contribution in [3.05, 3.63) is 29.3 Å². The Labute approximate surface area is 113 Å². The van der Waals surface area contributed by atoms with Crippen LogP contribution in [0.2, 0.25) is 0 Å². The summed E-state index contributed by atoms with van der Waals surface area (Å²) < 4.78 is 0. The molecule has 0 aliphatic heterocycles. The highest BCUT2D eigenvalue weighted by Gasteiger charge is 2.16. The Hall–Kier alpha value is -1.88. The Morgan fingerprint density at radius 1 is 1.37 bits per heavy atom. The van der Waals surface area contributed by atoms with Crippen LogP contribution in [-0.2, 0) is 4.79 Å². The number of hydrogen-bond donors (Lipinski definition) is 3. The average molecular weight is 263 g/mol. The molecular formula is C14H21N3O2. The minimum Gasteiger partial charge on any atom is -0.355 e. The molecule has 5 nitrogen and oxygen atoms in total. The summed E-state index contributed by atoms with van der Waals surface area (Å²) in [4.78, 5) is 23.6. The largest absolute Gasteiger partial charge is 0.355 e. The lowest BCUT2D eigenvalue weighted by Gasteiger charge is -2.15. The highest BCUT2D eigenvalue weighted by Crippen LogP contribution is 2.18. The van der Waals surface area contributed by atoms with Gasteiger partial charge in [0.25, 0.3) is 5.91 Å². The number of carbonyl (C=O) groups excluding carboxylic acids is 2. The first kappa shape index (κ1) is 15.2. The molecule has 0 spiro atoms. The van der Waals surface area contributed by atoms with Crippen LogP contribution >= 0.6 is 0 Å². The van der Waals surface area contributed by atoms with Crippen molar-refractivity contribution in [3.63, 3.8) is 0 Å². The Kier molecular flexibility index (Phi) is 5.51. The first-order valence-corrected chi connectivity index (χ1v) is 6.37. The number of aryl methyl sites for hydroxylation is 1. The van der Waals surface area contributed by atoms with Crippen molar-refractivity contribution in [2.45, 2.75) is 20.3 Å². The Bertz CT molecular complexity index is 468. The van der Waals surface area contributed by atoms with E-state index in [1.165, 1.54) is 0 Å². The molecule has 2 amide bonds. The number of carbonyl (C=O) groups is 2. The Morgan fingerprint density at radius 2 is 2.05 bits per heavy atom. The van der Waals surface area contributed by atoms with Gasteiger partial charge in [-0.05, 0) is 31.0 Å². The molecule has 1 aromatic rings. The third-order valence-corrected chi connectivity index (χ3v) is 3.13. The molecule has 4 N–H and O–H groups in total. The van der Waals surface area contributed by atoms with Crippen LogP contribution in [0.25, 0.3) is 0 Å². The van der Waals surface area contributed by atoms with E-state index in [9.17, 15) is 9.59 Å². The number of nitrogens with two attached hydrogens (primary N) is 1. The van der Waals surface area contributed by atoms with Crippen molar-refractivity contribution in [3.8, 4) is 0 Å². The zero-order valence-corrected chi connectivity index (χ0v) is 11.6. The van der Waals surface area contributed by atoms with Crippen LogP contribution in [0, 0.1) is 12.8 Å². The van der Waals surface area contributed by atoms with Gasteiger partial charge in [0.1, 0.15) is 0 Å². The minimum atomic E-state index is -0.206. The van der Waals surface area contributed by atoms with Gasteiger partial charge >= 0.3 is 0 Å². The summed E-state index contributed by atoms with van der Waals surface area (Å²) in [5.41, 5.74) is 7.63. The lowest BCUT2D eigenvalue weighted by Crippen LogP contribution is -2.29. The van der Waals surface area contributed by atoms with Crippen LogP contribution in [0.1, 0.15) is 29.3 Å². The van der Waals surface area contributed by atoms with E-state index in [4.69, 9.17) is 5.73 Å². The lowest BCUT2D eigenvalue weighted by atomic mass is 10.0. The number of nitrogens with one attached hydrogen (secondary N) is 2. The van der Waals surface area contributed by atoms with E-state index in [1.54, 1.807) is 19.2 Å². The van der Waals surface area contributed by atoms with Gasteiger partial charge in [0.15, 0.2) is 0 Å². The zero-order chi connectivity index (χ0) is 14.4. The second-order valence-electron chi connectivity index (χ2n) is 4.44. The maximum absolute atomic E-state index is 12.0. The normalized spacial score (nSPS) is 11.8. The molecule has 1 atom stereocenters. The topological polar surface area (TPSA) is 84.2 Å². The van der Waals surface area contributed by atoms with Gasteiger partial charge in [-0.25, -0.2) is 0 Å². The standard InChI is InChI=1S/C14H21N3O2/c1-4-10(8-15)14(19)17-12-7-11(13(18)16-3)6-5-9(12)2/h5-7,10H,4,8,15H2,1-3H3,(H,16,18)(H,17,19). The monoisotopic (exact) mass is 263 g/mol. The van der Waals surface area contributed by atoms with Crippen molar-refractivity contribution in [2.75, 3.05) is 18.9 Å². The molecule has 1 aromatic carbocycles. The van der Waals surface area contributed by atoms with Crippen LogP contribution < -0.4 is 16.4 Å². The number of hydrogen-bond acceptors (Lipinski definition) is 3. The molecule has 0 heterocycles. The van der Waals surface area contributed by atoms with Gasteiger partial charge in [-0.3, -0.25) is 9.59 Å². The van der Waals surface area contributed by atoms with Crippen LogP contribution in [0.15, 0.2) is 18.2 Å². The van der Waals surface area contributed by atoms with Gasteiger partial charge in [-0.1, -0.05) is 13.0 Å². The summed E-state index contributed by atoms with van der Waals surface area (Å²) in [6.07, 6.45) is 0.691. The molecule has 0 radical (unpaired) electrons. The number of anilines is 1. The van der Waals surface area contributed by atoms with Crippen LogP contribution in [-0.4, -0.2) is 25.4 Å². The molecule has 0 aliphatic carbocycles. The summed E-state index contributed by atoms with van der Waals surface area (Å²) in [7, 11) is 1.57. The second-order valence-corrected chi connectivity index (χ2v) is 4.44. The van der Waals surface area contributed by atoms with Crippen molar-refractivity contribution >= 4 is 17.5 Å². The van der Waals surface area contributed by atoms with E-state index < -0.39 is 0 Å². The molecule has 0 fully saturated rings. The van der Waals surface area contributed by atoms with E-state index in [0.29, 0.717) is 24.2 Å². The molecular weight excluding hydrogens is 242 g/mol. The van der Waals surface area contributed by atoms with Gasteiger partial charge in [-0.15, -0.1) is 0 Å². The van der Waals surface area contributed by atoms with E-state index in [0.717, 1.165) is 5.56 Å². The fraction of sp³-hybridized carbons (Fsp3) is 0.429. The lowest BCUT2D eigenvalue weighted by molar-refractivity contribution is -0.119.